The van der Waals surface area contributed by atoms with Crippen LogP contribution in [0.3, 0.4) is 0 Å². The predicted molar refractivity (Wildman–Crippen MR) is 95.2 cm³/mol. The Kier molecular flexibility index (Phi) is 6.96. The summed E-state index contributed by atoms with van der Waals surface area (Å²) < 4.78 is 42.5. The summed E-state index contributed by atoms with van der Waals surface area (Å²) in [7, 11) is 1.12. The zero-order valence-electron chi connectivity index (χ0n) is 15.2. The first-order valence-electron chi connectivity index (χ1n) is 8.38. The maximum Gasteiger partial charge on any atom is 0.416 e. The van der Waals surface area contributed by atoms with E-state index in [-0.39, 0.29) is 12.0 Å². The van der Waals surface area contributed by atoms with E-state index in [1.165, 1.54) is 6.07 Å². The minimum atomic E-state index is -4.54. The number of esters is 1. The number of halogens is 3. The third-order valence-electron chi connectivity index (χ3n) is 4.10. The minimum Gasteiger partial charge on any atom is -0.467 e. The van der Waals surface area contributed by atoms with E-state index >= 15 is 0 Å². The standard InChI is InChI=1S/C20H17F3N2O4/c1-29-19(28)16(10-12-3-2-4-13(9-12)11-24)25-18(27)17(26)14-5-7-15(8-6-14)20(21,22)23/h2-9,16-17,26H,10H2,1H3,(H,25,27)/t16-,17+/m0/s1. The maximum atomic E-state index is 12.6. The highest BCUT2D eigenvalue weighted by atomic mass is 19.4. The molecule has 2 atom stereocenters. The Morgan fingerprint density at radius 2 is 1.86 bits per heavy atom. The van der Waals surface area contributed by atoms with Crippen LogP contribution in [0.4, 0.5) is 13.2 Å². The number of alkyl halides is 3. The highest BCUT2D eigenvalue weighted by molar-refractivity contribution is 5.87. The van der Waals surface area contributed by atoms with E-state index in [4.69, 9.17) is 5.26 Å². The number of aliphatic hydroxyl groups excluding tert-OH is 1. The average molecular weight is 406 g/mol. The molecule has 6 nitrogen and oxygen atoms in total. The van der Waals surface area contributed by atoms with Gasteiger partial charge in [0.1, 0.15) is 6.04 Å². The highest BCUT2D eigenvalue weighted by Crippen LogP contribution is 2.30. The first kappa shape index (κ1) is 21.9. The van der Waals surface area contributed by atoms with Gasteiger partial charge in [0.2, 0.25) is 0 Å². The lowest BCUT2D eigenvalue weighted by Crippen LogP contribution is -2.45. The smallest absolute Gasteiger partial charge is 0.416 e. The van der Waals surface area contributed by atoms with Crippen molar-refractivity contribution in [2.75, 3.05) is 7.11 Å². The van der Waals surface area contributed by atoms with E-state index in [2.05, 4.69) is 10.1 Å². The quantitative estimate of drug-likeness (QED) is 0.719. The number of nitrogens with one attached hydrogen (secondary N) is 1. The number of rotatable bonds is 6. The molecule has 2 N–H and O–H groups in total. The summed E-state index contributed by atoms with van der Waals surface area (Å²) in [6.45, 7) is 0. The van der Waals surface area contributed by atoms with Crippen LogP contribution in [0.2, 0.25) is 0 Å². The van der Waals surface area contributed by atoms with E-state index in [9.17, 15) is 27.9 Å². The Balaban J connectivity index is 2.14. The molecule has 0 spiro atoms. The maximum absolute atomic E-state index is 12.6. The van der Waals surface area contributed by atoms with Crippen LogP contribution in [0.1, 0.15) is 28.4 Å². The Labute approximate surface area is 164 Å². The van der Waals surface area contributed by atoms with Crippen LogP contribution in [0.5, 0.6) is 0 Å². The lowest BCUT2D eigenvalue weighted by molar-refractivity contribution is -0.146. The van der Waals surface area contributed by atoms with Crippen molar-refractivity contribution in [1.82, 2.24) is 5.32 Å². The van der Waals surface area contributed by atoms with Crippen molar-refractivity contribution in [2.24, 2.45) is 0 Å². The summed E-state index contributed by atoms with van der Waals surface area (Å²) in [5.74, 6) is -1.75. The van der Waals surface area contributed by atoms with E-state index in [1.54, 1.807) is 18.2 Å². The van der Waals surface area contributed by atoms with Crippen molar-refractivity contribution in [3.8, 4) is 6.07 Å². The van der Waals surface area contributed by atoms with Gasteiger partial charge in [-0.3, -0.25) is 4.79 Å². The molecule has 0 radical (unpaired) electrons. The summed E-state index contributed by atoms with van der Waals surface area (Å²) in [6.07, 6.45) is -6.33. The first-order valence-corrected chi connectivity index (χ1v) is 8.38. The van der Waals surface area contributed by atoms with Gasteiger partial charge in [0, 0.05) is 6.42 Å². The van der Waals surface area contributed by atoms with Gasteiger partial charge < -0.3 is 15.2 Å². The summed E-state index contributed by atoms with van der Waals surface area (Å²) in [5.41, 5.74) is -0.0461. The van der Waals surface area contributed by atoms with Crippen LogP contribution in [-0.4, -0.2) is 30.1 Å². The molecule has 2 aromatic carbocycles. The van der Waals surface area contributed by atoms with E-state index < -0.39 is 35.8 Å². The van der Waals surface area contributed by atoms with Crippen LogP contribution in [0, 0.1) is 11.3 Å². The third-order valence-corrected chi connectivity index (χ3v) is 4.10. The van der Waals surface area contributed by atoms with Crippen molar-refractivity contribution in [1.29, 1.82) is 5.26 Å². The van der Waals surface area contributed by atoms with Gasteiger partial charge in [-0.15, -0.1) is 0 Å². The predicted octanol–water partition coefficient (Wildman–Crippen LogP) is 2.51. The number of carbonyl (C=O) groups excluding carboxylic acids is 2. The zero-order chi connectivity index (χ0) is 21.6. The van der Waals surface area contributed by atoms with Crippen molar-refractivity contribution in [2.45, 2.75) is 24.7 Å². The molecule has 0 bridgehead atoms. The molecule has 0 unspecified atom stereocenters. The monoisotopic (exact) mass is 406 g/mol. The fourth-order valence-electron chi connectivity index (χ4n) is 2.60. The van der Waals surface area contributed by atoms with E-state index in [0.717, 1.165) is 31.4 Å². The number of benzene rings is 2. The second-order valence-electron chi connectivity index (χ2n) is 6.12. The Bertz CT molecular complexity index is 921. The molecule has 1 amide bonds. The number of methoxy groups -OCH3 is 1. The molecule has 0 aliphatic rings. The van der Waals surface area contributed by atoms with Gasteiger partial charge in [-0.25, -0.2) is 4.79 Å². The second-order valence-corrected chi connectivity index (χ2v) is 6.12. The van der Waals surface area contributed by atoms with E-state index in [0.29, 0.717) is 11.1 Å². The fourth-order valence-corrected chi connectivity index (χ4v) is 2.60. The largest absolute Gasteiger partial charge is 0.467 e. The molecule has 0 saturated carbocycles. The van der Waals surface area contributed by atoms with Gasteiger partial charge >= 0.3 is 12.1 Å². The van der Waals surface area contributed by atoms with E-state index in [1.807, 2.05) is 6.07 Å². The minimum absolute atomic E-state index is 0.00628. The highest BCUT2D eigenvalue weighted by Gasteiger charge is 2.31. The van der Waals surface area contributed by atoms with Gasteiger partial charge in [-0.2, -0.15) is 18.4 Å². The molecule has 0 heterocycles. The first-order chi connectivity index (χ1) is 13.7. The van der Waals surface area contributed by atoms with Crippen LogP contribution >= 0.6 is 0 Å². The average Bonchev–Trinajstić information content (AvgIpc) is 2.71. The Morgan fingerprint density at radius 3 is 2.41 bits per heavy atom. The summed E-state index contributed by atoms with van der Waals surface area (Å²) >= 11 is 0. The van der Waals surface area contributed by atoms with Crippen molar-refractivity contribution >= 4 is 11.9 Å². The van der Waals surface area contributed by atoms with Gasteiger partial charge in [-0.05, 0) is 35.4 Å². The molecule has 152 valence electrons. The van der Waals surface area contributed by atoms with Crippen LogP contribution in [-0.2, 0) is 26.9 Å². The van der Waals surface area contributed by atoms with Crippen molar-refractivity contribution in [3.63, 3.8) is 0 Å². The molecule has 29 heavy (non-hydrogen) atoms. The molecular weight excluding hydrogens is 389 g/mol. The van der Waals surface area contributed by atoms with Crippen LogP contribution in [0.25, 0.3) is 0 Å². The van der Waals surface area contributed by atoms with Crippen molar-refractivity contribution in [3.05, 3.63) is 70.8 Å². The number of nitriles is 1. The number of aliphatic hydroxyl groups is 1. The molecular formula is C20H17F3N2O4. The number of hydrogen-bond donors (Lipinski definition) is 2. The molecule has 0 saturated heterocycles. The number of ether oxygens (including phenoxy) is 1. The SMILES string of the molecule is COC(=O)[C@H](Cc1cccc(C#N)c1)NC(=O)[C@H](O)c1ccc(C(F)(F)F)cc1. The van der Waals surface area contributed by atoms with Gasteiger partial charge in [0.15, 0.2) is 6.10 Å². The number of nitrogens with zero attached hydrogens (tertiary/aromatic N) is 1. The molecule has 0 aliphatic heterocycles. The van der Waals surface area contributed by atoms with Crippen molar-refractivity contribution < 1.29 is 32.6 Å². The molecule has 0 aliphatic carbocycles. The summed E-state index contributed by atoms with van der Waals surface area (Å²) in [6, 6.07) is 10.6. The molecule has 2 rings (SSSR count). The fraction of sp³-hybridized carbons (Fsp3) is 0.250. The van der Waals surface area contributed by atoms with Gasteiger partial charge in [0.25, 0.3) is 5.91 Å². The Hall–Kier alpha value is -3.38. The van der Waals surface area contributed by atoms with Gasteiger partial charge in [-0.1, -0.05) is 24.3 Å². The topological polar surface area (TPSA) is 99.4 Å². The molecule has 9 heteroatoms. The molecule has 2 aromatic rings. The van der Waals surface area contributed by atoms with Crippen LogP contribution < -0.4 is 5.32 Å². The second kappa shape index (κ2) is 9.21. The lowest BCUT2D eigenvalue weighted by Gasteiger charge is -2.19. The van der Waals surface area contributed by atoms with Gasteiger partial charge in [0.05, 0.1) is 24.3 Å². The number of hydrogen-bond acceptors (Lipinski definition) is 5. The summed E-state index contributed by atoms with van der Waals surface area (Å²) in [5, 5.41) is 21.4. The number of amides is 1. The normalized spacial score (nSPS) is 13.1. The molecule has 0 aromatic heterocycles. The lowest BCUT2D eigenvalue weighted by atomic mass is 10.0. The Morgan fingerprint density at radius 1 is 1.21 bits per heavy atom. The third kappa shape index (κ3) is 5.80. The van der Waals surface area contributed by atoms with Crippen LogP contribution in [0.15, 0.2) is 48.5 Å². The zero-order valence-corrected chi connectivity index (χ0v) is 15.2. The number of carbonyl (C=O) groups is 2. The molecule has 0 fully saturated rings. The summed E-state index contributed by atoms with van der Waals surface area (Å²) in [4.78, 5) is 24.3.